The molecule has 0 heterocycles. The molecule has 0 amide bonds. The van der Waals surface area contributed by atoms with Gasteiger partial charge in [-0.15, -0.1) is 0 Å². The van der Waals surface area contributed by atoms with E-state index in [9.17, 15) is 19.3 Å². The summed E-state index contributed by atoms with van der Waals surface area (Å²) in [5.74, 6) is -0.618. The van der Waals surface area contributed by atoms with E-state index in [1.54, 1.807) is 48.5 Å². The Labute approximate surface area is 295 Å². The Kier molecular flexibility index (Phi) is 7.59. The quantitative estimate of drug-likeness (QED) is 0.178. The van der Waals surface area contributed by atoms with E-state index in [1.165, 1.54) is 41.0 Å². The minimum atomic E-state index is -0.357. The second kappa shape index (κ2) is 12.3. The van der Waals surface area contributed by atoms with Gasteiger partial charge in [0.25, 0.3) is 0 Å². The number of nitriles is 2. The highest BCUT2D eigenvalue weighted by Gasteiger charge is 2.37. The summed E-state index contributed by atoms with van der Waals surface area (Å²) in [5, 5.41) is 21.0. The Morgan fingerprint density at radius 1 is 0.471 bits per heavy atom. The van der Waals surface area contributed by atoms with E-state index in [0.717, 1.165) is 50.5 Å². The average molecular weight is 665 g/mol. The molecule has 8 rings (SSSR count). The fourth-order valence-corrected chi connectivity index (χ4v) is 7.36. The highest BCUT2D eigenvalue weighted by Crippen LogP contribution is 2.53. The molecule has 0 spiro atoms. The molecule has 0 saturated carbocycles. The number of fused-ring (bicyclic) bond motifs is 5. The van der Waals surface area contributed by atoms with Gasteiger partial charge in [-0.25, -0.2) is 8.78 Å². The zero-order valence-corrected chi connectivity index (χ0v) is 27.9. The fraction of sp³-hybridized carbons (Fsp3) is 0.0667. The van der Waals surface area contributed by atoms with Gasteiger partial charge < -0.3 is 9.80 Å². The first-order chi connectivity index (χ1) is 24.7. The number of anilines is 6. The number of halogens is 2. The lowest BCUT2D eigenvalue weighted by molar-refractivity contribution is 0.627. The SMILES string of the molecule is CC1(C)c2cc(N(c3ccc(F)cc3)c3ccc(C#N)cc3)ccc2-c2ccc3cc(N(c4ccc(F)cc4)c4ccc(C#N)cc4)ccc3c21. The van der Waals surface area contributed by atoms with Crippen molar-refractivity contribution in [2.75, 3.05) is 9.80 Å². The smallest absolute Gasteiger partial charge is 0.123 e. The molecule has 0 N–H and O–H groups in total. The molecule has 4 nitrogen and oxygen atoms in total. The molecule has 0 aromatic heterocycles. The highest BCUT2D eigenvalue weighted by atomic mass is 19.1. The van der Waals surface area contributed by atoms with E-state index in [2.05, 4.69) is 84.3 Å². The molecule has 244 valence electrons. The fourth-order valence-electron chi connectivity index (χ4n) is 7.36. The van der Waals surface area contributed by atoms with Gasteiger partial charge in [-0.05, 0) is 154 Å². The molecule has 1 aliphatic rings. The summed E-state index contributed by atoms with van der Waals surface area (Å²) >= 11 is 0. The average Bonchev–Trinajstić information content (AvgIpc) is 3.39. The van der Waals surface area contributed by atoms with Crippen molar-refractivity contribution in [1.82, 2.24) is 0 Å². The zero-order chi connectivity index (χ0) is 35.3. The van der Waals surface area contributed by atoms with Gasteiger partial charge in [-0.2, -0.15) is 10.5 Å². The van der Waals surface area contributed by atoms with Gasteiger partial charge in [0, 0.05) is 39.5 Å². The summed E-state index contributed by atoms with van der Waals surface area (Å²) in [4.78, 5) is 4.14. The van der Waals surface area contributed by atoms with Crippen molar-refractivity contribution in [2.24, 2.45) is 0 Å². The van der Waals surface area contributed by atoms with Crippen LogP contribution in [0.3, 0.4) is 0 Å². The summed E-state index contributed by atoms with van der Waals surface area (Å²) in [6.07, 6.45) is 0. The molecule has 0 radical (unpaired) electrons. The minimum Gasteiger partial charge on any atom is -0.310 e. The maximum Gasteiger partial charge on any atom is 0.123 e. The molecule has 0 unspecified atom stereocenters. The van der Waals surface area contributed by atoms with E-state index in [-0.39, 0.29) is 17.0 Å². The number of hydrogen-bond acceptors (Lipinski definition) is 4. The van der Waals surface area contributed by atoms with E-state index in [4.69, 9.17) is 0 Å². The van der Waals surface area contributed by atoms with Crippen molar-refractivity contribution < 1.29 is 8.78 Å². The van der Waals surface area contributed by atoms with Crippen LogP contribution in [0.4, 0.5) is 42.9 Å². The van der Waals surface area contributed by atoms with Crippen LogP contribution in [0.2, 0.25) is 0 Å². The van der Waals surface area contributed by atoms with Crippen molar-refractivity contribution in [2.45, 2.75) is 19.3 Å². The monoisotopic (exact) mass is 664 g/mol. The normalized spacial score (nSPS) is 12.4. The first-order valence-electron chi connectivity index (χ1n) is 16.6. The van der Waals surface area contributed by atoms with Gasteiger partial charge in [-0.1, -0.05) is 38.1 Å². The Hall–Kier alpha value is -6.76. The predicted molar refractivity (Wildman–Crippen MR) is 200 cm³/mol. The standard InChI is InChI=1S/C45H30F2N4/c1-45(2)43-26-39(51(37-18-10-33(47)11-19-37)35-14-5-30(28-49)6-15-35)21-24-41(43)42-22-7-31-25-38(20-23-40(31)44(42)45)50(36-16-8-32(46)9-17-36)34-12-3-29(27-48)4-13-34/h3-26H,1-2H3. The molecular weight excluding hydrogens is 635 g/mol. The van der Waals surface area contributed by atoms with Crippen molar-refractivity contribution in [1.29, 1.82) is 10.5 Å². The second-order valence-electron chi connectivity index (χ2n) is 13.2. The van der Waals surface area contributed by atoms with Gasteiger partial charge in [0.1, 0.15) is 11.6 Å². The molecule has 7 aromatic carbocycles. The molecule has 0 aliphatic heterocycles. The minimum absolute atomic E-state index is 0.309. The molecule has 0 bridgehead atoms. The maximum absolute atomic E-state index is 14.0. The van der Waals surface area contributed by atoms with Crippen LogP contribution in [0.25, 0.3) is 21.9 Å². The molecule has 0 fully saturated rings. The summed E-state index contributed by atoms with van der Waals surface area (Å²) in [6, 6.07) is 49.2. The van der Waals surface area contributed by atoms with Crippen molar-refractivity contribution >= 4 is 44.9 Å². The third-order valence-corrected chi connectivity index (χ3v) is 9.79. The highest BCUT2D eigenvalue weighted by molar-refractivity contribution is 6.00. The van der Waals surface area contributed by atoms with Crippen molar-refractivity contribution in [3.63, 3.8) is 0 Å². The van der Waals surface area contributed by atoms with Crippen LogP contribution in [0.15, 0.2) is 146 Å². The number of rotatable bonds is 6. The van der Waals surface area contributed by atoms with Crippen LogP contribution < -0.4 is 9.80 Å². The van der Waals surface area contributed by atoms with Gasteiger partial charge in [0.05, 0.1) is 23.3 Å². The first-order valence-corrected chi connectivity index (χ1v) is 16.6. The third kappa shape index (κ3) is 5.44. The van der Waals surface area contributed by atoms with Crippen LogP contribution in [-0.4, -0.2) is 0 Å². The van der Waals surface area contributed by atoms with Gasteiger partial charge in [0.15, 0.2) is 0 Å². The summed E-state index contributed by atoms with van der Waals surface area (Å²) in [6.45, 7) is 4.50. The predicted octanol–water partition coefficient (Wildman–Crippen LogP) is 12.1. The van der Waals surface area contributed by atoms with Crippen LogP contribution in [0.1, 0.15) is 36.1 Å². The van der Waals surface area contributed by atoms with Crippen LogP contribution >= 0.6 is 0 Å². The molecular formula is C45H30F2N4. The van der Waals surface area contributed by atoms with Gasteiger partial charge >= 0.3 is 0 Å². The van der Waals surface area contributed by atoms with Crippen molar-refractivity contribution in [3.05, 3.63) is 179 Å². The number of benzene rings is 7. The molecule has 0 atom stereocenters. The Bertz CT molecular complexity index is 2530. The largest absolute Gasteiger partial charge is 0.310 e. The van der Waals surface area contributed by atoms with Crippen molar-refractivity contribution in [3.8, 4) is 23.3 Å². The molecule has 6 heteroatoms. The van der Waals surface area contributed by atoms with Crippen LogP contribution in [-0.2, 0) is 5.41 Å². The number of nitrogens with zero attached hydrogens (tertiary/aromatic N) is 4. The lowest BCUT2D eigenvalue weighted by Crippen LogP contribution is -2.17. The Balaban J connectivity index is 1.23. The maximum atomic E-state index is 14.0. The van der Waals surface area contributed by atoms with Crippen LogP contribution in [0.5, 0.6) is 0 Å². The summed E-state index contributed by atoms with van der Waals surface area (Å²) in [5.41, 5.74) is 10.7. The van der Waals surface area contributed by atoms with E-state index in [1.807, 2.05) is 24.3 Å². The lowest BCUT2D eigenvalue weighted by atomic mass is 9.80. The Morgan fingerprint density at radius 3 is 1.37 bits per heavy atom. The lowest BCUT2D eigenvalue weighted by Gasteiger charge is -2.29. The summed E-state index contributed by atoms with van der Waals surface area (Å²) < 4.78 is 28.0. The number of hydrogen-bond donors (Lipinski definition) is 0. The third-order valence-electron chi connectivity index (χ3n) is 9.79. The van der Waals surface area contributed by atoms with Gasteiger partial charge in [0.2, 0.25) is 0 Å². The topological polar surface area (TPSA) is 54.1 Å². The van der Waals surface area contributed by atoms with E-state index in [0.29, 0.717) is 11.1 Å². The molecule has 1 aliphatic carbocycles. The zero-order valence-electron chi connectivity index (χ0n) is 27.9. The van der Waals surface area contributed by atoms with Gasteiger partial charge in [-0.3, -0.25) is 0 Å². The van der Waals surface area contributed by atoms with E-state index < -0.39 is 0 Å². The summed E-state index contributed by atoms with van der Waals surface area (Å²) in [7, 11) is 0. The van der Waals surface area contributed by atoms with Crippen LogP contribution in [0, 0.1) is 34.3 Å². The molecule has 51 heavy (non-hydrogen) atoms. The molecule has 0 saturated heterocycles. The second-order valence-corrected chi connectivity index (χ2v) is 13.2. The molecule has 7 aromatic rings. The first kappa shape index (κ1) is 31.5. The van der Waals surface area contributed by atoms with E-state index >= 15 is 0 Å². The Morgan fingerprint density at radius 2 is 0.882 bits per heavy atom.